The highest BCUT2D eigenvalue weighted by molar-refractivity contribution is 5.45. The Hall–Kier alpha value is -1.53. The van der Waals surface area contributed by atoms with Gasteiger partial charge in [-0.2, -0.15) is 5.26 Å². The van der Waals surface area contributed by atoms with Gasteiger partial charge in [-0.25, -0.2) is 0 Å². The van der Waals surface area contributed by atoms with Crippen molar-refractivity contribution in [3.63, 3.8) is 0 Å². The molecule has 20 heavy (non-hydrogen) atoms. The number of nitrogens with zero attached hydrogens (tertiary/aromatic N) is 2. The van der Waals surface area contributed by atoms with Gasteiger partial charge in [-0.15, -0.1) is 0 Å². The number of benzene rings is 1. The zero-order valence-electron chi connectivity index (χ0n) is 13.0. The molecular weight excluding hydrogens is 246 g/mol. The molecule has 3 heteroatoms. The third-order valence-electron chi connectivity index (χ3n) is 3.87. The molecule has 1 N–H and O–H groups in total. The van der Waals surface area contributed by atoms with E-state index in [4.69, 9.17) is 0 Å². The molecule has 3 nitrogen and oxygen atoms in total. The lowest BCUT2D eigenvalue weighted by molar-refractivity contribution is 0.373. The number of para-hydroxylation sites is 1. The molecular formula is C17H27N3. The van der Waals surface area contributed by atoms with Crippen LogP contribution in [0, 0.1) is 11.3 Å². The average Bonchev–Trinajstić information content (AvgIpc) is 2.51. The summed E-state index contributed by atoms with van der Waals surface area (Å²) in [7, 11) is 0. The second-order valence-electron chi connectivity index (χ2n) is 5.10. The van der Waals surface area contributed by atoms with Crippen molar-refractivity contribution in [1.29, 1.82) is 5.26 Å². The van der Waals surface area contributed by atoms with Crippen molar-refractivity contribution in [2.45, 2.75) is 45.6 Å². The summed E-state index contributed by atoms with van der Waals surface area (Å²) < 4.78 is 0. The predicted molar refractivity (Wildman–Crippen MR) is 85.9 cm³/mol. The van der Waals surface area contributed by atoms with Crippen molar-refractivity contribution in [3.8, 4) is 6.07 Å². The van der Waals surface area contributed by atoms with Crippen molar-refractivity contribution in [2.24, 2.45) is 0 Å². The molecule has 0 aliphatic carbocycles. The number of hydrogen-bond acceptors (Lipinski definition) is 3. The van der Waals surface area contributed by atoms with Gasteiger partial charge >= 0.3 is 0 Å². The molecule has 0 radical (unpaired) electrons. The maximum absolute atomic E-state index is 9.42. The van der Waals surface area contributed by atoms with E-state index in [1.165, 1.54) is 5.69 Å². The number of anilines is 1. The fourth-order valence-electron chi connectivity index (χ4n) is 2.58. The van der Waals surface area contributed by atoms with E-state index >= 15 is 0 Å². The molecule has 0 aromatic heterocycles. The van der Waals surface area contributed by atoms with Crippen LogP contribution in [0.25, 0.3) is 0 Å². The summed E-state index contributed by atoms with van der Waals surface area (Å²) >= 11 is 0. The molecule has 110 valence electrons. The van der Waals surface area contributed by atoms with Crippen LogP contribution in [0.5, 0.6) is 0 Å². The fourth-order valence-corrected chi connectivity index (χ4v) is 2.58. The van der Waals surface area contributed by atoms with Crippen LogP contribution in [0.2, 0.25) is 0 Å². The Morgan fingerprint density at radius 1 is 1.20 bits per heavy atom. The van der Waals surface area contributed by atoms with Gasteiger partial charge in [0.1, 0.15) is 5.54 Å². The van der Waals surface area contributed by atoms with E-state index in [0.29, 0.717) is 0 Å². The number of nitriles is 1. The average molecular weight is 273 g/mol. The van der Waals surface area contributed by atoms with Gasteiger partial charge in [0.25, 0.3) is 0 Å². The Labute approximate surface area is 123 Å². The van der Waals surface area contributed by atoms with Crippen molar-refractivity contribution < 1.29 is 0 Å². The third kappa shape index (κ3) is 4.54. The van der Waals surface area contributed by atoms with Crippen LogP contribution in [0.4, 0.5) is 5.69 Å². The molecule has 0 heterocycles. The standard InChI is InChI=1S/C17H27N3/c1-4-17(15-18,19-5-2)13-10-14-20(6-3)16-11-8-7-9-12-16/h7-9,11-12,19H,4-6,10,13-14H2,1-3H3. The topological polar surface area (TPSA) is 39.1 Å². The summed E-state index contributed by atoms with van der Waals surface area (Å²) in [5.41, 5.74) is 0.905. The van der Waals surface area contributed by atoms with Crippen LogP contribution in [0.3, 0.4) is 0 Å². The Kier molecular flexibility index (Phi) is 7.11. The minimum Gasteiger partial charge on any atom is -0.372 e. The quantitative estimate of drug-likeness (QED) is 0.747. The van der Waals surface area contributed by atoms with Crippen LogP contribution in [0.1, 0.15) is 40.0 Å². The molecule has 0 fully saturated rings. The first-order valence-corrected chi connectivity index (χ1v) is 7.67. The van der Waals surface area contributed by atoms with Gasteiger partial charge in [0.2, 0.25) is 0 Å². The van der Waals surface area contributed by atoms with Crippen LogP contribution >= 0.6 is 0 Å². The van der Waals surface area contributed by atoms with Gasteiger partial charge in [0.15, 0.2) is 0 Å². The molecule has 0 amide bonds. The Morgan fingerprint density at radius 3 is 2.40 bits per heavy atom. The smallest absolute Gasteiger partial charge is 0.106 e. The highest BCUT2D eigenvalue weighted by Crippen LogP contribution is 2.19. The van der Waals surface area contributed by atoms with E-state index in [0.717, 1.165) is 38.9 Å². The molecule has 0 aliphatic rings. The Morgan fingerprint density at radius 2 is 1.90 bits per heavy atom. The van der Waals surface area contributed by atoms with Crippen LogP contribution in [-0.4, -0.2) is 25.2 Å². The SMILES string of the molecule is CCNC(C#N)(CC)CCCN(CC)c1ccccc1. The highest BCUT2D eigenvalue weighted by atomic mass is 15.1. The lowest BCUT2D eigenvalue weighted by Gasteiger charge is -2.28. The number of hydrogen-bond donors (Lipinski definition) is 1. The van der Waals surface area contributed by atoms with E-state index in [1.807, 2.05) is 6.07 Å². The lowest BCUT2D eigenvalue weighted by Crippen LogP contribution is -2.43. The van der Waals surface area contributed by atoms with Gasteiger partial charge in [0, 0.05) is 18.8 Å². The zero-order chi connectivity index (χ0) is 14.8. The Bertz CT molecular complexity index is 410. The molecule has 0 saturated heterocycles. The molecule has 1 aromatic rings. The summed E-state index contributed by atoms with van der Waals surface area (Å²) in [6.07, 6.45) is 2.78. The molecule has 0 saturated carbocycles. The molecule has 1 rings (SSSR count). The Balaban J connectivity index is 2.55. The van der Waals surface area contributed by atoms with Gasteiger partial charge in [-0.05, 0) is 44.9 Å². The summed E-state index contributed by atoms with van der Waals surface area (Å²) in [4.78, 5) is 2.36. The summed E-state index contributed by atoms with van der Waals surface area (Å²) in [6.45, 7) is 9.16. The first kappa shape index (κ1) is 16.5. The van der Waals surface area contributed by atoms with Crippen molar-refractivity contribution in [2.75, 3.05) is 24.5 Å². The fraction of sp³-hybridized carbons (Fsp3) is 0.588. The van der Waals surface area contributed by atoms with E-state index < -0.39 is 0 Å². The predicted octanol–water partition coefficient (Wildman–Crippen LogP) is 3.57. The molecule has 0 aliphatic heterocycles. The van der Waals surface area contributed by atoms with Gasteiger partial charge < -0.3 is 4.90 Å². The maximum Gasteiger partial charge on any atom is 0.106 e. The third-order valence-corrected chi connectivity index (χ3v) is 3.87. The number of nitrogens with one attached hydrogen (secondary N) is 1. The maximum atomic E-state index is 9.42. The van der Waals surface area contributed by atoms with Crippen LogP contribution in [0.15, 0.2) is 30.3 Å². The highest BCUT2D eigenvalue weighted by Gasteiger charge is 2.26. The second-order valence-corrected chi connectivity index (χ2v) is 5.10. The molecule has 1 atom stereocenters. The minimum absolute atomic E-state index is 0.356. The largest absolute Gasteiger partial charge is 0.372 e. The summed E-state index contributed by atoms with van der Waals surface area (Å²) in [5, 5.41) is 12.8. The second kappa shape index (κ2) is 8.60. The summed E-state index contributed by atoms with van der Waals surface area (Å²) in [6, 6.07) is 12.9. The van der Waals surface area contributed by atoms with E-state index in [2.05, 4.69) is 61.3 Å². The monoisotopic (exact) mass is 273 g/mol. The van der Waals surface area contributed by atoms with E-state index in [1.54, 1.807) is 0 Å². The molecule has 0 spiro atoms. The minimum atomic E-state index is -0.356. The van der Waals surface area contributed by atoms with Crippen molar-refractivity contribution >= 4 is 5.69 Å². The van der Waals surface area contributed by atoms with Gasteiger partial charge in [-0.1, -0.05) is 32.0 Å². The summed E-state index contributed by atoms with van der Waals surface area (Å²) in [5.74, 6) is 0. The van der Waals surface area contributed by atoms with Gasteiger partial charge in [-0.3, -0.25) is 5.32 Å². The van der Waals surface area contributed by atoms with Crippen LogP contribution in [-0.2, 0) is 0 Å². The van der Waals surface area contributed by atoms with E-state index in [-0.39, 0.29) is 5.54 Å². The van der Waals surface area contributed by atoms with Crippen molar-refractivity contribution in [3.05, 3.63) is 30.3 Å². The zero-order valence-corrected chi connectivity index (χ0v) is 13.0. The van der Waals surface area contributed by atoms with Crippen LogP contribution < -0.4 is 10.2 Å². The first-order valence-electron chi connectivity index (χ1n) is 7.67. The molecule has 0 bridgehead atoms. The van der Waals surface area contributed by atoms with Crippen molar-refractivity contribution in [1.82, 2.24) is 5.32 Å². The normalized spacial score (nSPS) is 13.5. The first-order chi connectivity index (χ1) is 9.71. The van der Waals surface area contributed by atoms with Gasteiger partial charge in [0.05, 0.1) is 6.07 Å². The van der Waals surface area contributed by atoms with E-state index in [9.17, 15) is 5.26 Å². The number of rotatable bonds is 9. The lowest BCUT2D eigenvalue weighted by atomic mass is 9.92. The molecule has 1 unspecified atom stereocenters. The molecule has 1 aromatic carbocycles.